The summed E-state index contributed by atoms with van der Waals surface area (Å²) < 4.78 is 4.66. The summed E-state index contributed by atoms with van der Waals surface area (Å²) in [6, 6.07) is 8.70. The minimum absolute atomic E-state index is 0.214. The summed E-state index contributed by atoms with van der Waals surface area (Å²) in [5.74, 6) is 0.214. The van der Waals surface area contributed by atoms with E-state index in [4.69, 9.17) is 0 Å². The highest BCUT2D eigenvalue weighted by Crippen LogP contribution is 2.26. The molecule has 1 N–H and O–H groups in total. The van der Waals surface area contributed by atoms with Crippen molar-refractivity contribution in [2.45, 2.75) is 0 Å². The summed E-state index contributed by atoms with van der Waals surface area (Å²) in [6.45, 7) is 0. The number of hydrogen-bond acceptors (Lipinski definition) is 3. The van der Waals surface area contributed by atoms with Crippen LogP contribution in [0.2, 0.25) is 0 Å². The maximum atomic E-state index is 9.40. The lowest BCUT2D eigenvalue weighted by molar-refractivity contribution is 0.421. The Morgan fingerprint density at radius 2 is 2.00 bits per heavy atom. The summed E-state index contributed by atoms with van der Waals surface area (Å²) in [5, 5.41) is 13.1. The van der Waals surface area contributed by atoms with Crippen LogP contribution in [0.3, 0.4) is 0 Å². The third-order valence-electron chi connectivity index (χ3n) is 1.62. The highest BCUT2D eigenvalue weighted by molar-refractivity contribution is 5.65. The van der Waals surface area contributed by atoms with Gasteiger partial charge in [0.1, 0.15) is 17.7 Å². The molecule has 1 heterocycles. The fourth-order valence-corrected chi connectivity index (χ4v) is 1.04. The van der Waals surface area contributed by atoms with Gasteiger partial charge in [-0.2, -0.15) is 0 Å². The summed E-state index contributed by atoms with van der Waals surface area (Å²) in [5.41, 5.74) is 1.33. The Balaban J connectivity index is 2.55. The topological polar surface area (TPSA) is 46.3 Å². The molecule has 3 nitrogen and oxygen atoms in total. The Labute approximate surface area is 69.2 Å². The van der Waals surface area contributed by atoms with Gasteiger partial charge >= 0.3 is 0 Å². The molecule has 2 aromatic rings. The maximum Gasteiger partial charge on any atom is 0.125 e. The van der Waals surface area contributed by atoms with Crippen molar-refractivity contribution < 1.29 is 9.63 Å². The van der Waals surface area contributed by atoms with Gasteiger partial charge in [0, 0.05) is 11.6 Å². The first-order valence-corrected chi connectivity index (χ1v) is 3.56. The summed E-state index contributed by atoms with van der Waals surface area (Å²) in [4.78, 5) is 0. The zero-order valence-electron chi connectivity index (χ0n) is 6.27. The normalized spacial score (nSPS) is 10.0. The third kappa shape index (κ3) is 1.05. The highest BCUT2D eigenvalue weighted by atomic mass is 16.5. The van der Waals surface area contributed by atoms with Crippen LogP contribution >= 0.6 is 0 Å². The highest BCUT2D eigenvalue weighted by Gasteiger charge is 2.04. The predicted octanol–water partition coefficient (Wildman–Crippen LogP) is 2.05. The minimum atomic E-state index is 0.214. The van der Waals surface area contributed by atoms with Crippen molar-refractivity contribution in [3.05, 3.63) is 36.6 Å². The second-order valence-electron chi connectivity index (χ2n) is 2.40. The average Bonchev–Trinajstić information content (AvgIpc) is 2.57. The van der Waals surface area contributed by atoms with Crippen LogP contribution in [-0.4, -0.2) is 10.3 Å². The standard InChI is InChI=1S/C9H7NO2/c11-9-4-2-1-3-7(9)8-5-6-12-10-8/h1-6,11H. The van der Waals surface area contributed by atoms with Crippen molar-refractivity contribution in [2.75, 3.05) is 0 Å². The number of aromatic hydroxyl groups is 1. The van der Waals surface area contributed by atoms with Gasteiger partial charge in [0.15, 0.2) is 0 Å². The number of hydrogen-bond donors (Lipinski definition) is 1. The van der Waals surface area contributed by atoms with Crippen molar-refractivity contribution >= 4 is 0 Å². The fourth-order valence-electron chi connectivity index (χ4n) is 1.04. The molecule has 3 heteroatoms. The molecule has 0 atom stereocenters. The summed E-state index contributed by atoms with van der Waals surface area (Å²) in [7, 11) is 0. The van der Waals surface area contributed by atoms with Crippen molar-refractivity contribution in [2.24, 2.45) is 0 Å². The predicted molar refractivity (Wildman–Crippen MR) is 43.6 cm³/mol. The molecule has 0 bridgehead atoms. The van der Waals surface area contributed by atoms with Crippen LogP contribution in [-0.2, 0) is 0 Å². The van der Waals surface area contributed by atoms with E-state index in [1.807, 2.05) is 6.07 Å². The van der Waals surface area contributed by atoms with E-state index in [-0.39, 0.29) is 5.75 Å². The van der Waals surface area contributed by atoms with Crippen molar-refractivity contribution in [1.82, 2.24) is 5.16 Å². The van der Waals surface area contributed by atoms with Gasteiger partial charge in [-0.3, -0.25) is 0 Å². The first-order chi connectivity index (χ1) is 5.88. The monoisotopic (exact) mass is 161 g/mol. The second-order valence-corrected chi connectivity index (χ2v) is 2.40. The molecule has 0 fully saturated rings. The van der Waals surface area contributed by atoms with Gasteiger partial charge in [-0.25, -0.2) is 0 Å². The van der Waals surface area contributed by atoms with Crippen LogP contribution in [0, 0.1) is 0 Å². The molecule has 60 valence electrons. The quantitative estimate of drug-likeness (QED) is 0.696. The van der Waals surface area contributed by atoms with Crippen molar-refractivity contribution in [1.29, 1.82) is 0 Å². The maximum absolute atomic E-state index is 9.40. The minimum Gasteiger partial charge on any atom is -0.507 e. The van der Waals surface area contributed by atoms with Crippen molar-refractivity contribution in [3.8, 4) is 17.0 Å². The molecule has 0 unspecified atom stereocenters. The van der Waals surface area contributed by atoms with E-state index < -0.39 is 0 Å². The summed E-state index contributed by atoms with van der Waals surface area (Å²) in [6.07, 6.45) is 1.47. The average molecular weight is 161 g/mol. The molecule has 0 aliphatic carbocycles. The van der Waals surface area contributed by atoms with E-state index in [1.165, 1.54) is 6.26 Å². The van der Waals surface area contributed by atoms with Gasteiger partial charge in [0.2, 0.25) is 0 Å². The smallest absolute Gasteiger partial charge is 0.125 e. The Bertz CT molecular complexity index is 368. The molecule has 12 heavy (non-hydrogen) atoms. The molecular formula is C9H7NO2. The molecule has 0 aliphatic rings. The molecule has 2 rings (SSSR count). The van der Waals surface area contributed by atoms with Gasteiger partial charge in [-0.1, -0.05) is 17.3 Å². The summed E-state index contributed by atoms with van der Waals surface area (Å²) >= 11 is 0. The number of benzene rings is 1. The van der Waals surface area contributed by atoms with Gasteiger partial charge in [-0.15, -0.1) is 0 Å². The molecule has 0 amide bonds. The largest absolute Gasteiger partial charge is 0.507 e. The number of phenolic OH excluding ortho intramolecular Hbond substituents is 1. The first kappa shape index (κ1) is 6.91. The molecule has 0 saturated heterocycles. The Morgan fingerprint density at radius 3 is 2.67 bits per heavy atom. The molecule has 0 saturated carbocycles. The van der Waals surface area contributed by atoms with Gasteiger partial charge in [0.25, 0.3) is 0 Å². The zero-order valence-corrected chi connectivity index (χ0v) is 6.27. The van der Waals surface area contributed by atoms with Crippen molar-refractivity contribution in [3.63, 3.8) is 0 Å². The van der Waals surface area contributed by atoms with E-state index in [0.29, 0.717) is 11.3 Å². The number of nitrogens with zero attached hydrogens (tertiary/aromatic N) is 1. The lowest BCUT2D eigenvalue weighted by atomic mass is 10.1. The van der Waals surface area contributed by atoms with Crippen LogP contribution in [0.15, 0.2) is 41.1 Å². The lowest BCUT2D eigenvalue weighted by Crippen LogP contribution is -1.76. The van der Waals surface area contributed by atoms with E-state index in [2.05, 4.69) is 9.68 Å². The molecule has 1 aromatic heterocycles. The van der Waals surface area contributed by atoms with Crippen LogP contribution in [0.5, 0.6) is 5.75 Å². The van der Waals surface area contributed by atoms with E-state index in [1.54, 1.807) is 24.3 Å². The number of phenols is 1. The van der Waals surface area contributed by atoms with Crippen LogP contribution < -0.4 is 0 Å². The first-order valence-electron chi connectivity index (χ1n) is 3.56. The molecule has 0 radical (unpaired) electrons. The molecule has 0 aliphatic heterocycles. The number of para-hydroxylation sites is 1. The molecule has 0 spiro atoms. The van der Waals surface area contributed by atoms with Gasteiger partial charge in [-0.05, 0) is 12.1 Å². The molecular weight excluding hydrogens is 154 g/mol. The number of aromatic nitrogens is 1. The lowest BCUT2D eigenvalue weighted by Gasteiger charge is -1.97. The van der Waals surface area contributed by atoms with Crippen LogP contribution in [0.1, 0.15) is 0 Å². The Kier molecular flexibility index (Phi) is 1.55. The second kappa shape index (κ2) is 2.70. The van der Waals surface area contributed by atoms with Gasteiger partial charge < -0.3 is 9.63 Å². The van der Waals surface area contributed by atoms with E-state index in [9.17, 15) is 5.11 Å². The zero-order chi connectivity index (χ0) is 8.39. The Hall–Kier alpha value is -1.77. The third-order valence-corrected chi connectivity index (χ3v) is 1.62. The SMILES string of the molecule is Oc1ccccc1-c1ccon1. The number of rotatable bonds is 1. The Morgan fingerprint density at radius 1 is 1.17 bits per heavy atom. The van der Waals surface area contributed by atoms with E-state index >= 15 is 0 Å². The fraction of sp³-hybridized carbons (Fsp3) is 0. The molecule has 1 aromatic carbocycles. The van der Waals surface area contributed by atoms with E-state index in [0.717, 1.165) is 0 Å². The van der Waals surface area contributed by atoms with Crippen LogP contribution in [0.25, 0.3) is 11.3 Å². The van der Waals surface area contributed by atoms with Gasteiger partial charge in [0.05, 0.1) is 0 Å². The van der Waals surface area contributed by atoms with Crippen LogP contribution in [0.4, 0.5) is 0 Å².